The van der Waals surface area contributed by atoms with Crippen molar-refractivity contribution in [2.45, 2.75) is 58.0 Å². The highest BCUT2D eigenvalue weighted by Crippen LogP contribution is 2.15. The van der Waals surface area contributed by atoms with E-state index < -0.39 is 18.0 Å². The Morgan fingerprint density at radius 1 is 0.944 bits per heavy atom. The molecular weight excluding hydrogens is 454 g/mol. The molecule has 0 aliphatic heterocycles. The van der Waals surface area contributed by atoms with Crippen LogP contribution >= 0.6 is 0 Å². The summed E-state index contributed by atoms with van der Waals surface area (Å²) >= 11 is 0. The first kappa shape index (κ1) is 29.2. The van der Waals surface area contributed by atoms with Crippen LogP contribution in [0.5, 0.6) is 0 Å². The van der Waals surface area contributed by atoms with Gasteiger partial charge in [-0.25, -0.2) is 0 Å². The van der Waals surface area contributed by atoms with Gasteiger partial charge in [-0.1, -0.05) is 54.1 Å². The first-order valence-corrected chi connectivity index (χ1v) is 12.6. The van der Waals surface area contributed by atoms with Crippen molar-refractivity contribution in [3.63, 3.8) is 0 Å². The third-order valence-corrected chi connectivity index (χ3v) is 6.30. The monoisotopic (exact) mass is 495 g/mol. The number of hydrogen-bond acceptors (Lipinski definition) is 6. The van der Waals surface area contributed by atoms with Gasteiger partial charge in [0.25, 0.3) is 0 Å². The van der Waals surface area contributed by atoms with Crippen molar-refractivity contribution < 1.29 is 14.4 Å². The lowest BCUT2D eigenvalue weighted by molar-refractivity contribution is -0.135. The number of ketones is 1. The van der Waals surface area contributed by atoms with Gasteiger partial charge in [0.05, 0.1) is 18.5 Å². The molecule has 8 nitrogen and oxygen atoms in total. The lowest BCUT2D eigenvalue weighted by Gasteiger charge is -2.24. The quantitative estimate of drug-likeness (QED) is 0.294. The molecule has 0 radical (unpaired) electrons. The molecule has 0 spiro atoms. The average molecular weight is 496 g/mol. The van der Waals surface area contributed by atoms with Gasteiger partial charge < -0.3 is 27.4 Å². The molecule has 8 heteroatoms. The predicted octanol–water partition coefficient (Wildman–Crippen LogP) is 1.39. The highest BCUT2D eigenvalue weighted by molar-refractivity contribution is 5.93. The minimum absolute atomic E-state index is 0.0494. The van der Waals surface area contributed by atoms with Crippen molar-refractivity contribution in [2.24, 2.45) is 17.2 Å². The Morgan fingerprint density at radius 3 is 2.25 bits per heavy atom. The number of carbonyl (C=O) groups excluding carboxylic acids is 3. The van der Waals surface area contributed by atoms with Crippen molar-refractivity contribution >= 4 is 17.6 Å². The molecule has 2 amide bonds. The fourth-order valence-corrected chi connectivity index (χ4v) is 4.13. The highest BCUT2D eigenvalue weighted by Gasteiger charge is 2.26. The maximum absolute atomic E-state index is 13.2. The summed E-state index contributed by atoms with van der Waals surface area (Å²) in [6.45, 7) is 5.34. The summed E-state index contributed by atoms with van der Waals surface area (Å²) in [6.07, 6.45) is 1.82. The van der Waals surface area contributed by atoms with E-state index in [4.69, 9.17) is 17.2 Å². The van der Waals surface area contributed by atoms with Crippen LogP contribution in [0.2, 0.25) is 0 Å². The molecule has 0 saturated carbocycles. The molecule has 0 aliphatic rings. The van der Waals surface area contributed by atoms with Crippen LogP contribution < -0.4 is 22.5 Å². The summed E-state index contributed by atoms with van der Waals surface area (Å²) in [5.41, 5.74) is 21.7. The standard InChI is InChI=1S/C28H41N5O3/c1-20-8-9-21(2)23(18-20)11-13-26(34)25(12-10-22-6-4-3-5-7-22)32-28(36)24(31)19-27(35)33(16-14-29)17-15-30/h3-9,18,24-25H,10-17,19,29-31H2,1-2H3,(H,32,36)/t24-,25-/m0/s1. The Balaban J connectivity index is 2.06. The molecule has 0 saturated heterocycles. The van der Waals surface area contributed by atoms with Gasteiger partial charge in [0, 0.05) is 32.6 Å². The third kappa shape index (κ3) is 9.53. The molecule has 0 aromatic heterocycles. The number of nitrogens with zero attached hydrogens (tertiary/aromatic N) is 1. The Bertz CT molecular complexity index is 990. The molecular formula is C28H41N5O3. The molecule has 0 fully saturated rings. The van der Waals surface area contributed by atoms with E-state index in [9.17, 15) is 14.4 Å². The summed E-state index contributed by atoms with van der Waals surface area (Å²) in [5.74, 6) is -0.843. The van der Waals surface area contributed by atoms with E-state index in [1.807, 2.05) is 44.2 Å². The van der Waals surface area contributed by atoms with Gasteiger partial charge in [0.1, 0.15) is 0 Å². The van der Waals surface area contributed by atoms with Crippen LogP contribution in [0.1, 0.15) is 41.5 Å². The third-order valence-electron chi connectivity index (χ3n) is 6.30. The van der Waals surface area contributed by atoms with E-state index in [1.165, 1.54) is 4.90 Å². The topological polar surface area (TPSA) is 145 Å². The van der Waals surface area contributed by atoms with Crippen molar-refractivity contribution in [2.75, 3.05) is 26.2 Å². The van der Waals surface area contributed by atoms with Crippen LogP contribution in [0.15, 0.2) is 48.5 Å². The Kier molecular flexibility index (Phi) is 12.3. The maximum atomic E-state index is 13.2. The fourth-order valence-electron chi connectivity index (χ4n) is 4.13. The number of carbonyl (C=O) groups is 3. The number of rotatable bonds is 15. The van der Waals surface area contributed by atoms with Gasteiger partial charge in [-0.2, -0.15) is 0 Å². The molecule has 0 aliphatic carbocycles. The van der Waals surface area contributed by atoms with Crippen LogP contribution in [0.4, 0.5) is 0 Å². The molecule has 2 aromatic rings. The summed E-state index contributed by atoms with van der Waals surface area (Å²) in [4.78, 5) is 40.2. The smallest absolute Gasteiger partial charge is 0.238 e. The molecule has 2 aromatic carbocycles. The summed E-state index contributed by atoms with van der Waals surface area (Å²) in [5, 5.41) is 2.82. The van der Waals surface area contributed by atoms with Gasteiger partial charge in [-0.15, -0.1) is 0 Å². The minimum Gasteiger partial charge on any atom is -0.345 e. The molecule has 7 N–H and O–H groups in total. The van der Waals surface area contributed by atoms with Crippen LogP contribution in [0.25, 0.3) is 0 Å². The van der Waals surface area contributed by atoms with Gasteiger partial charge in [0.2, 0.25) is 11.8 Å². The molecule has 0 bridgehead atoms. The zero-order valence-corrected chi connectivity index (χ0v) is 21.5. The lowest BCUT2D eigenvalue weighted by Crippen LogP contribution is -2.51. The van der Waals surface area contributed by atoms with Crippen molar-refractivity contribution in [3.8, 4) is 0 Å². The van der Waals surface area contributed by atoms with Gasteiger partial charge in [-0.05, 0) is 49.8 Å². The summed E-state index contributed by atoms with van der Waals surface area (Å²) in [6, 6.07) is 14.3. The average Bonchev–Trinajstić information content (AvgIpc) is 2.87. The second-order valence-electron chi connectivity index (χ2n) is 9.25. The van der Waals surface area contributed by atoms with E-state index >= 15 is 0 Å². The first-order valence-electron chi connectivity index (χ1n) is 12.6. The molecule has 2 atom stereocenters. The lowest BCUT2D eigenvalue weighted by atomic mass is 9.95. The van der Waals surface area contributed by atoms with Crippen LogP contribution in [-0.2, 0) is 27.2 Å². The van der Waals surface area contributed by atoms with Crippen LogP contribution in [-0.4, -0.2) is 60.8 Å². The van der Waals surface area contributed by atoms with Crippen molar-refractivity contribution in [3.05, 3.63) is 70.8 Å². The number of Topliss-reactive ketones (excluding diaryl/α,β-unsaturated/α-hetero) is 1. The Hall–Kier alpha value is -3.07. The summed E-state index contributed by atoms with van der Waals surface area (Å²) in [7, 11) is 0. The number of aryl methyl sites for hydroxylation is 4. The largest absolute Gasteiger partial charge is 0.345 e. The maximum Gasteiger partial charge on any atom is 0.238 e. The van der Waals surface area contributed by atoms with Gasteiger partial charge in [0.15, 0.2) is 5.78 Å². The predicted molar refractivity (Wildman–Crippen MR) is 143 cm³/mol. The Morgan fingerprint density at radius 2 is 1.61 bits per heavy atom. The van der Waals surface area contributed by atoms with Gasteiger partial charge >= 0.3 is 0 Å². The SMILES string of the molecule is Cc1ccc(C)c(CCC(=O)[C@H](CCc2ccccc2)NC(=O)[C@@H](N)CC(=O)N(CCN)CCN)c1. The molecule has 0 heterocycles. The number of hydrogen-bond donors (Lipinski definition) is 4. The molecule has 2 rings (SSSR count). The second kappa shape index (κ2) is 15.1. The minimum atomic E-state index is -1.07. The van der Waals surface area contributed by atoms with E-state index in [-0.39, 0.29) is 18.1 Å². The summed E-state index contributed by atoms with van der Waals surface area (Å²) < 4.78 is 0. The van der Waals surface area contributed by atoms with E-state index in [1.54, 1.807) is 0 Å². The Labute approximate surface area is 214 Å². The van der Waals surface area contributed by atoms with Gasteiger partial charge in [-0.3, -0.25) is 14.4 Å². The highest BCUT2D eigenvalue weighted by atomic mass is 16.2. The number of nitrogens with one attached hydrogen (secondary N) is 1. The zero-order valence-electron chi connectivity index (χ0n) is 21.5. The fraction of sp³-hybridized carbons (Fsp3) is 0.464. The molecule has 36 heavy (non-hydrogen) atoms. The van der Waals surface area contributed by atoms with Crippen molar-refractivity contribution in [1.82, 2.24) is 10.2 Å². The first-order chi connectivity index (χ1) is 17.2. The van der Waals surface area contributed by atoms with E-state index in [0.717, 1.165) is 22.3 Å². The molecule has 0 unspecified atom stereocenters. The van der Waals surface area contributed by atoms with Crippen LogP contribution in [0, 0.1) is 13.8 Å². The zero-order chi connectivity index (χ0) is 26.5. The van der Waals surface area contributed by atoms with E-state index in [2.05, 4.69) is 23.5 Å². The number of amides is 2. The van der Waals surface area contributed by atoms with Crippen LogP contribution in [0.3, 0.4) is 0 Å². The number of benzene rings is 2. The van der Waals surface area contributed by atoms with Crippen molar-refractivity contribution in [1.29, 1.82) is 0 Å². The van der Waals surface area contributed by atoms with E-state index in [0.29, 0.717) is 51.9 Å². The number of nitrogens with two attached hydrogens (primary N) is 3. The molecule has 196 valence electrons. The second-order valence-corrected chi connectivity index (χ2v) is 9.25. The normalized spacial score (nSPS) is 12.6.